The van der Waals surface area contributed by atoms with Crippen molar-refractivity contribution in [3.05, 3.63) is 35.4 Å². The van der Waals surface area contributed by atoms with Crippen LogP contribution in [0.5, 0.6) is 0 Å². The summed E-state index contributed by atoms with van der Waals surface area (Å²) in [4.78, 5) is 2.57. The molecular weight excluding hydrogens is 260 g/mol. The molecule has 3 nitrogen and oxygen atoms in total. The molecule has 0 amide bonds. The van der Waals surface area contributed by atoms with Crippen LogP contribution in [0.2, 0.25) is 0 Å². The van der Waals surface area contributed by atoms with Crippen LogP contribution < -0.4 is 5.32 Å². The van der Waals surface area contributed by atoms with Gasteiger partial charge in [-0.05, 0) is 43.0 Å². The standard InChI is InChI=1S/C18H28N2O/c1-13(2)12-20-9-7-15(8-10-20)19-18-16-6-4-3-5-14(16)11-17(18)21/h3-6,13,15,17-19,21H,7-12H2,1-2H3. The fourth-order valence-electron chi connectivity index (χ4n) is 3.83. The van der Waals surface area contributed by atoms with Gasteiger partial charge in [0.15, 0.2) is 0 Å². The molecule has 1 aliphatic carbocycles. The van der Waals surface area contributed by atoms with Gasteiger partial charge in [-0.25, -0.2) is 0 Å². The normalized spacial score (nSPS) is 27.2. The summed E-state index contributed by atoms with van der Waals surface area (Å²) < 4.78 is 0. The minimum Gasteiger partial charge on any atom is -0.391 e. The van der Waals surface area contributed by atoms with Crippen LogP contribution in [0.25, 0.3) is 0 Å². The van der Waals surface area contributed by atoms with Gasteiger partial charge in [-0.1, -0.05) is 38.1 Å². The second-order valence-electron chi connectivity index (χ2n) is 7.08. The van der Waals surface area contributed by atoms with Gasteiger partial charge < -0.3 is 15.3 Å². The molecule has 1 aliphatic heterocycles. The third-order valence-electron chi connectivity index (χ3n) is 4.83. The quantitative estimate of drug-likeness (QED) is 0.893. The van der Waals surface area contributed by atoms with E-state index in [1.54, 1.807) is 0 Å². The van der Waals surface area contributed by atoms with E-state index in [0.717, 1.165) is 12.3 Å². The van der Waals surface area contributed by atoms with Crippen molar-refractivity contribution < 1.29 is 5.11 Å². The van der Waals surface area contributed by atoms with Crippen LogP contribution in [0.1, 0.15) is 43.9 Å². The molecule has 0 bridgehead atoms. The molecule has 21 heavy (non-hydrogen) atoms. The summed E-state index contributed by atoms with van der Waals surface area (Å²) in [7, 11) is 0. The van der Waals surface area contributed by atoms with Gasteiger partial charge in [0.1, 0.15) is 0 Å². The zero-order valence-corrected chi connectivity index (χ0v) is 13.3. The number of nitrogens with zero attached hydrogens (tertiary/aromatic N) is 1. The van der Waals surface area contributed by atoms with Crippen molar-refractivity contribution in [2.75, 3.05) is 19.6 Å². The highest BCUT2D eigenvalue weighted by Gasteiger charge is 2.33. The van der Waals surface area contributed by atoms with Crippen molar-refractivity contribution in [3.63, 3.8) is 0 Å². The Morgan fingerprint density at radius 3 is 2.67 bits per heavy atom. The maximum atomic E-state index is 10.3. The Morgan fingerprint density at radius 1 is 1.24 bits per heavy atom. The Bertz CT molecular complexity index is 466. The summed E-state index contributed by atoms with van der Waals surface area (Å²) in [6, 6.07) is 9.12. The Morgan fingerprint density at radius 2 is 1.95 bits per heavy atom. The fourth-order valence-corrected chi connectivity index (χ4v) is 3.83. The predicted molar refractivity (Wildman–Crippen MR) is 86.3 cm³/mol. The van der Waals surface area contributed by atoms with E-state index < -0.39 is 0 Å². The Labute approximate surface area is 128 Å². The molecule has 0 spiro atoms. The predicted octanol–water partition coefficient (Wildman–Crippen LogP) is 2.35. The van der Waals surface area contributed by atoms with Gasteiger partial charge in [-0.15, -0.1) is 0 Å². The monoisotopic (exact) mass is 288 g/mol. The van der Waals surface area contributed by atoms with Crippen LogP contribution in [0.3, 0.4) is 0 Å². The molecule has 1 aromatic rings. The lowest BCUT2D eigenvalue weighted by molar-refractivity contribution is 0.117. The van der Waals surface area contributed by atoms with Crippen LogP contribution in [0.4, 0.5) is 0 Å². The highest BCUT2D eigenvalue weighted by atomic mass is 16.3. The maximum Gasteiger partial charge on any atom is 0.0775 e. The number of aliphatic hydroxyl groups is 1. The molecule has 1 heterocycles. The van der Waals surface area contributed by atoms with E-state index in [2.05, 4.69) is 48.3 Å². The molecule has 0 radical (unpaired) electrons. The summed E-state index contributed by atoms with van der Waals surface area (Å²) in [5, 5.41) is 14.1. The number of rotatable bonds is 4. The van der Waals surface area contributed by atoms with Gasteiger partial charge in [0.05, 0.1) is 12.1 Å². The number of aliphatic hydroxyl groups excluding tert-OH is 1. The zero-order chi connectivity index (χ0) is 14.8. The Kier molecular flexibility index (Phi) is 4.63. The van der Waals surface area contributed by atoms with Crippen LogP contribution in [0.15, 0.2) is 24.3 Å². The molecule has 1 aromatic carbocycles. The molecule has 3 heteroatoms. The Hall–Kier alpha value is -0.900. The van der Waals surface area contributed by atoms with Crippen LogP contribution in [0, 0.1) is 5.92 Å². The number of nitrogens with one attached hydrogen (secondary N) is 1. The average Bonchev–Trinajstić information content (AvgIpc) is 2.77. The second-order valence-corrected chi connectivity index (χ2v) is 7.08. The molecule has 3 rings (SSSR count). The Balaban J connectivity index is 1.56. The highest BCUT2D eigenvalue weighted by Crippen LogP contribution is 2.32. The summed E-state index contributed by atoms with van der Waals surface area (Å²) in [5.74, 6) is 0.748. The van der Waals surface area contributed by atoms with E-state index in [1.807, 2.05) is 0 Å². The number of piperidine rings is 1. The number of fused-ring (bicyclic) bond motifs is 1. The van der Waals surface area contributed by atoms with E-state index in [0.29, 0.717) is 6.04 Å². The largest absolute Gasteiger partial charge is 0.391 e. The van der Waals surface area contributed by atoms with E-state index in [1.165, 1.54) is 43.6 Å². The van der Waals surface area contributed by atoms with E-state index in [-0.39, 0.29) is 12.1 Å². The molecule has 2 atom stereocenters. The molecule has 0 aromatic heterocycles. The summed E-state index contributed by atoms with van der Waals surface area (Å²) in [5.41, 5.74) is 2.61. The zero-order valence-electron chi connectivity index (χ0n) is 13.3. The first-order valence-electron chi connectivity index (χ1n) is 8.37. The smallest absolute Gasteiger partial charge is 0.0775 e. The van der Waals surface area contributed by atoms with Crippen LogP contribution in [-0.2, 0) is 6.42 Å². The summed E-state index contributed by atoms with van der Waals surface area (Å²) in [6.07, 6.45) is 2.91. The molecule has 2 aliphatic rings. The SMILES string of the molecule is CC(C)CN1CCC(NC2c3ccccc3CC2O)CC1. The first-order valence-corrected chi connectivity index (χ1v) is 8.37. The van der Waals surface area contributed by atoms with E-state index in [9.17, 15) is 5.11 Å². The van der Waals surface area contributed by atoms with Gasteiger partial charge in [-0.3, -0.25) is 0 Å². The minimum absolute atomic E-state index is 0.128. The van der Waals surface area contributed by atoms with E-state index in [4.69, 9.17) is 0 Å². The van der Waals surface area contributed by atoms with Gasteiger partial charge in [0.2, 0.25) is 0 Å². The molecule has 0 saturated carbocycles. The summed E-state index contributed by atoms with van der Waals surface area (Å²) in [6.45, 7) is 8.15. The van der Waals surface area contributed by atoms with Crippen LogP contribution >= 0.6 is 0 Å². The van der Waals surface area contributed by atoms with Crippen molar-refractivity contribution in [1.82, 2.24) is 10.2 Å². The lowest BCUT2D eigenvalue weighted by atomic mass is 10.0. The molecule has 1 fully saturated rings. The van der Waals surface area contributed by atoms with Crippen molar-refractivity contribution in [2.45, 2.75) is 51.3 Å². The third kappa shape index (κ3) is 3.47. The third-order valence-corrected chi connectivity index (χ3v) is 4.83. The van der Waals surface area contributed by atoms with Gasteiger partial charge in [-0.2, -0.15) is 0 Å². The minimum atomic E-state index is -0.268. The fraction of sp³-hybridized carbons (Fsp3) is 0.667. The second kappa shape index (κ2) is 6.47. The molecular formula is C18H28N2O. The van der Waals surface area contributed by atoms with Crippen LogP contribution in [-0.4, -0.2) is 41.8 Å². The lowest BCUT2D eigenvalue weighted by Gasteiger charge is -2.35. The molecule has 2 N–H and O–H groups in total. The molecule has 2 unspecified atom stereocenters. The van der Waals surface area contributed by atoms with E-state index >= 15 is 0 Å². The first-order chi connectivity index (χ1) is 10.1. The number of likely N-dealkylation sites (tertiary alicyclic amines) is 1. The topological polar surface area (TPSA) is 35.5 Å². The van der Waals surface area contributed by atoms with Gasteiger partial charge in [0.25, 0.3) is 0 Å². The number of benzene rings is 1. The summed E-state index contributed by atoms with van der Waals surface area (Å²) >= 11 is 0. The first kappa shape index (κ1) is 15.0. The number of hydrogen-bond donors (Lipinski definition) is 2. The van der Waals surface area contributed by atoms with Gasteiger partial charge in [0, 0.05) is 19.0 Å². The lowest BCUT2D eigenvalue weighted by Crippen LogP contribution is -2.46. The number of hydrogen-bond acceptors (Lipinski definition) is 3. The average molecular weight is 288 g/mol. The van der Waals surface area contributed by atoms with Crippen molar-refractivity contribution in [2.24, 2.45) is 5.92 Å². The maximum absolute atomic E-state index is 10.3. The highest BCUT2D eigenvalue weighted by molar-refractivity contribution is 5.36. The van der Waals surface area contributed by atoms with Crippen molar-refractivity contribution >= 4 is 0 Å². The van der Waals surface area contributed by atoms with Crippen molar-refractivity contribution in [1.29, 1.82) is 0 Å². The van der Waals surface area contributed by atoms with Crippen molar-refractivity contribution in [3.8, 4) is 0 Å². The molecule has 116 valence electrons. The molecule has 1 saturated heterocycles. The van der Waals surface area contributed by atoms with Gasteiger partial charge >= 0.3 is 0 Å².